The Balaban J connectivity index is 1.40. The summed E-state index contributed by atoms with van der Waals surface area (Å²) in [6, 6.07) is 17.2. The summed E-state index contributed by atoms with van der Waals surface area (Å²) in [5, 5.41) is 2.65. The molecule has 2 aromatic carbocycles. The lowest BCUT2D eigenvalue weighted by atomic mass is 10.2. The first kappa shape index (κ1) is 32.5. The van der Waals surface area contributed by atoms with Gasteiger partial charge in [-0.1, -0.05) is 63.1 Å². The minimum atomic E-state index is -3.66. The highest BCUT2D eigenvalue weighted by atomic mass is 32.2. The van der Waals surface area contributed by atoms with E-state index in [-0.39, 0.29) is 23.0 Å². The van der Waals surface area contributed by atoms with Gasteiger partial charge in [-0.2, -0.15) is 10.4 Å². The fraction of sp³-hybridized carbons (Fsp3) is 0.387. The predicted molar refractivity (Wildman–Crippen MR) is 168 cm³/mol. The van der Waals surface area contributed by atoms with Crippen LogP contribution in [0.5, 0.6) is 0 Å². The number of aromatic nitrogens is 2. The number of nitrogens with one attached hydrogen (secondary N) is 1. The fourth-order valence-corrected chi connectivity index (χ4v) is 8.39. The Hall–Kier alpha value is -3.45. The van der Waals surface area contributed by atoms with Crippen molar-refractivity contribution in [2.24, 2.45) is 0 Å². The molecule has 0 bridgehead atoms. The number of pyridine rings is 2. The standard InChI is InChI=1S/C31H38N4O6S2/c1-3-9-28(21-42(37,38)19-24-15-26-11-5-7-13-30(26)32-17-24)34-41-35(23-36)29(10-4-2)22-43(39,40)20-25-16-27-12-6-8-14-31(27)33-18-25/h5-8,11-18,23,28-29,34H,3-4,9-10,19-22H2,1-2H3/t28-,29-/m0/s1. The van der Waals surface area contributed by atoms with Gasteiger partial charge in [0.2, 0.25) is 6.41 Å². The molecule has 0 aliphatic heterocycles. The molecule has 0 radical (unpaired) electrons. The van der Waals surface area contributed by atoms with Crippen LogP contribution in [0.15, 0.2) is 73.1 Å². The number of hydroxylamine groups is 3. The molecule has 1 amide bonds. The highest BCUT2D eigenvalue weighted by molar-refractivity contribution is 7.90. The van der Waals surface area contributed by atoms with Gasteiger partial charge >= 0.3 is 0 Å². The van der Waals surface area contributed by atoms with E-state index >= 15 is 0 Å². The number of hydrogen-bond acceptors (Lipinski definition) is 9. The molecule has 2 heterocycles. The van der Waals surface area contributed by atoms with Crippen LogP contribution in [0.25, 0.3) is 21.8 Å². The van der Waals surface area contributed by atoms with Crippen LogP contribution in [0.2, 0.25) is 0 Å². The van der Waals surface area contributed by atoms with Gasteiger partial charge in [-0.25, -0.2) is 21.9 Å². The van der Waals surface area contributed by atoms with E-state index in [0.717, 1.165) is 26.9 Å². The molecular weight excluding hydrogens is 588 g/mol. The molecule has 4 rings (SSSR count). The average Bonchev–Trinajstić information content (AvgIpc) is 2.96. The summed E-state index contributed by atoms with van der Waals surface area (Å²) in [6.07, 6.45) is 5.66. The van der Waals surface area contributed by atoms with E-state index in [4.69, 9.17) is 4.94 Å². The first-order valence-corrected chi connectivity index (χ1v) is 18.0. The predicted octanol–water partition coefficient (Wildman–Crippen LogP) is 4.54. The number of carbonyl (C=O) groups is 1. The number of para-hydroxylation sites is 2. The van der Waals surface area contributed by atoms with Crippen molar-refractivity contribution in [1.29, 1.82) is 0 Å². The lowest BCUT2D eigenvalue weighted by Crippen LogP contribution is -2.46. The van der Waals surface area contributed by atoms with Gasteiger partial charge < -0.3 is 0 Å². The van der Waals surface area contributed by atoms with Gasteiger partial charge in [-0.3, -0.25) is 14.8 Å². The molecule has 43 heavy (non-hydrogen) atoms. The van der Waals surface area contributed by atoms with Crippen LogP contribution in [-0.2, 0) is 40.9 Å². The van der Waals surface area contributed by atoms with Crippen molar-refractivity contribution in [3.63, 3.8) is 0 Å². The molecule has 12 heteroatoms. The van der Waals surface area contributed by atoms with Gasteiger partial charge in [0, 0.05) is 29.2 Å². The first-order chi connectivity index (χ1) is 20.6. The molecule has 2 aromatic heterocycles. The summed E-state index contributed by atoms with van der Waals surface area (Å²) in [4.78, 5) is 26.3. The lowest BCUT2D eigenvalue weighted by molar-refractivity contribution is -0.222. The number of amides is 1. The molecule has 0 spiro atoms. The minimum absolute atomic E-state index is 0.190. The molecular formula is C31H38N4O6S2. The van der Waals surface area contributed by atoms with E-state index in [9.17, 15) is 21.6 Å². The summed E-state index contributed by atoms with van der Waals surface area (Å²) < 4.78 is 52.6. The summed E-state index contributed by atoms with van der Waals surface area (Å²) in [5.74, 6) is -0.970. The highest BCUT2D eigenvalue weighted by Gasteiger charge is 2.27. The second kappa shape index (κ2) is 14.8. The quantitative estimate of drug-likeness (QED) is 0.132. The Morgan fingerprint density at radius 1 is 0.791 bits per heavy atom. The van der Waals surface area contributed by atoms with Crippen molar-refractivity contribution >= 4 is 47.9 Å². The van der Waals surface area contributed by atoms with E-state index in [1.165, 1.54) is 0 Å². The maximum Gasteiger partial charge on any atom is 0.235 e. The van der Waals surface area contributed by atoms with E-state index in [1.54, 1.807) is 18.5 Å². The smallest absolute Gasteiger partial charge is 0.235 e. The minimum Gasteiger partial charge on any atom is -0.276 e. The van der Waals surface area contributed by atoms with Crippen molar-refractivity contribution in [3.8, 4) is 0 Å². The van der Waals surface area contributed by atoms with Gasteiger partial charge in [0.1, 0.15) is 0 Å². The van der Waals surface area contributed by atoms with Crippen molar-refractivity contribution < 1.29 is 26.6 Å². The largest absolute Gasteiger partial charge is 0.276 e. The maximum atomic E-state index is 13.2. The van der Waals surface area contributed by atoms with Gasteiger partial charge in [0.25, 0.3) is 0 Å². The molecule has 1 N–H and O–H groups in total. The summed E-state index contributed by atoms with van der Waals surface area (Å²) in [5.41, 5.74) is 5.43. The lowest BCUT2D eigenvalue weighted by Gasteiger charge is -2.28. The molecule has 0 saturated carbocycles. The van der Waals surface area contributed by atoms with Crippen LogP contribution in [0.3, 0.4) is 0 Å². The van der Waals surface area contributed by atoms with E-state index in [2.05, 4.69) is 15.4 Å². The van der Waals surface area contributed by atoms with Gasteiger partial charge in [-0.15, -0.1) is 0 Å². The third-order valence-corrected chi connectivity index (χ3v) is 10.4. The molecule has 0 saturated heterocycles. The molecule has 0 aliphatic carbocycles. The summed E-state index contributed by atoms with van der Waals surface area (Å²) >= 11 is 0. The molecule has 0 aliphatic rings. The summed E-state index contributed by atoms with van der Waals surface area (Å²) in [6.45, 7) is 3.80. The van der Waals surface area contributed by atoms with Crippen LogP contribution in [0.1, 0.15) is 50.7 Å². The number of fused-ring (bicyclic) bond motifs is 2. The molecule has 2 atom stereocenters. The zero-order chi connectivity index (χ0) is 30.9. The second-order valence-corrected chi connectivity index (χ2v) is 15.0. The van der Waals surface area contributed by atoms with Crippen LogP contribution >= 0.6 is 0 Å². The maximum absolute atomic E-state index is 13.2. The van der Waals surface area contributed by atoms with Crippen LogP contribution in [0.4, 0.5) is 0 Å². The fourth-order valence-electron chi connectivity index (χ4n) is 5.08. The molecule has 4 aromatic rings. The monoisotopic (exact) mass is 626 g/mol. The van der Waals surface area contributed by atoms with Gasteiger partial charge in [0.15, 0.2) is 19.7 Å². The van der Waals surface area contributed by atoms with Crippen molar-refractivity contribution in [3.05, 3.63) is 84.2 Å². The molecule has 0 unspecified atom stereocenters. The number of nitrogens with zero attached hydrogens (tertiary/aromatic N) is 3. The average molecular weight is 627 g/mol. The highest BCUT2D eigenvalue weighted by Crippen LogP contribution is 2.19. The van der Waals surface area contributed by atoms with Crippen LogP contribution in [0, 0.1) is 0 Å². The Labute approximate surface area is 253 Å². The molecule has 230 valence electrons. The zero-order valence-electron chi connectivity index (χ0n) is 24.4. The molecule has 10 nitrogen and oxygen atoms in total. The topological polar surface area (TPSA) is 136 Å². The van der Waals surface area contributed by atoms with Gasteiger partial charge in [-0.05, 0) is 48.2 Å². The van der Waals surface area contributed by atoms with Crippen molar-refractivity contribution in [2.45, 2.75) is 63.1 Å². The van der Waals surface area contributed by atoms with E-state index < -0.39 is 31.8 Å². The van der Waals surface area contributed by atoms with Gasteiger partial charge in [0.05, 0.1) is 40.1 Å². The zero-order valence-corrected chi connectivity index (χ0v) is 26.1. The summed E-state index contributed by atoms with van der Waals surface area (Å²) in [7, 11) is -7.24. The number of benzene rings is 2. The van der Waals surface area contributed by atoms with Crippen molar-refractivity contribution in [1.82, 2.24) is 20.5 Å². The van der Waals surface area contributed by atoms with Crippen LogP contribution in [-0.4, -0.2) is 61.9 Å². The molecule has 0 fully saturated rings. The van der Waals surface area contributed by atoms with E-state index in [1.807, 2.05) is 68.4 Å². The first-order valence-electron chi connectivity index (χ1n) is 14.4. The number of hydrogen-bond donors (Lipinski definition) is 1. The van der Waals surface area contributed by atoms with Crippen molar-refractivity contribution in [2.75, 3.05) is 11.5 Å². The number of rotatable bonds is 17. The SMILES string of the molecule is CCC[C@@H](CS(=O)(=O)Cc1cnc2ccccc2c1)NON(C=O)[C@@H](CCC)CS(=O)(=O)Cc1cnc2ccccc2c1. The van der Waals surface area contributed by atoms with E-state index in [0.29, 0.717) is 43.2 Å². The Bertz CT molecular complexity index is 1750. The van der Waals surface area contributed by atoms with Crippen LogP contribution < -0.4 is 5.48 Å². The third kappa shape index (κ3) is 9.52. The Morgan fingerprint density at radius 2 is 1.30 bits per heavy atom. The number of sulfone groups is 2. The normalized spacial score (nSPS) is 13.6. The Kier molecular flexibility index (Phi) is 11.2. The second-order valence-electron chi connectivity index (χ2n) is 10.8. The Morgan fingerprint density at radius 3 is 1.81 bits per heavy atom. The third-order valence-electron chi connectivity index (χ3n) is 7.02. The number of carbonyl (C=O) groups excluding carboxylic acids is 1.